The third-order valence-electron chi connectivity index (χ3n) is 5.25. The molecule has 0 spiro atoms. The van der Waals surface area contributed by atoms with Crippen LogP contribution >= 0.6 is 0 Å². The number of carboxylic acid groups (broad SMARTS) is 1. The number of aromatic nitrogens is 1. The van der Waals surface area contributed by atoms with E-state index in [0.717, 1.165) is 33.3 Å². The van der Waals surface area contributed by atoms with E-state index in [1.807, 2.05) is 78.9 Å². The Kier molecular flexibility index (Phi) is 6.78. The maximum atomic E-state index is 11.5. The average Bonchev–Trinajstić information content (AvgIpc) is 2.83. The SMILES string of the molecule is CCOC(Cc1ccccc1OCc1cc2ccccc2nc1-c1ccccc1)C(=O)O. The highest BCUT2D eigenvalue weighted by atomic mass is 16.5. The summed E-state index contributed by atoms with van der Waals surface area (Å²) in [7, 11) is 0. The van der Waals surface area contributed by atoms with Crippen molar-refractivity contribution in [2.75, 3.05) is 6.61 Å². The minimum absolute atomic E-state index is 0.237. The van der Waals surface area contributed by atoms with E-state index in [4.69, 9.17) is 14.5 Å². The molecule has 4 rings (SSSR count). The van der Waals surface area contributed by atoms with Crippen LogP contribution in [0.1, 0.15) is 18.1 Å². The minimum atomic E-state index is -0.980. The number of ether oxygens (including phenoxy) is 2. The molecular formula is C27H25NO4. The van der Waals surface area contributed by atoms with Crippen molar-refractivity contribution < 1.29 is 19.4 Å². The van der Waals surface area contributed by atoms with Crippen LogP contribution in [-0.4, -0.2) is 28.8 Å². The van der Waals surface area contributed by atoms with Crippen LogP contribution in [0.4, 0.5) is 0 Å². The molecule has 3 aromatic carbocycles. The number of carboxylic acids is 1. The van der Waals surface area contributed by atoms with Crippen LogP contribution in [0, 0.1) is 0 Å². The Morgan fingerprint density at radius 1 is 0.938 bits per heavy atom. The number of rotatable bonds is 9. The Hall–Kier alpha value is -3.70. The van der Waals surface area contributed by atoms with Gasteiger partial charge in [-0.2, -0.15) is 0 Å². The quantitative estimate of drug-likeness (QED) is 0.381. The Labute approximate surface area is 187 Å². The number of fused-ring (bicyclic) bond motifs is 1. The molecule has 5 heteroatoms. The lowest BCUT2D eigenvalue weighted by molar-refractivity contribution is -0.149. The van der Waals surface area contributed by atoms with Crippen LogP contribution < -0.4 is 4.74 Å². The highest BCUT2D eigenvalue weighted by Gasteiger charge is 2.20. The van der Waals surface area contributed by atoms with Gasteiger partial charge < -0.3 is 14.6 Å². The maximum Gasteiger partial charge on any atom is 0.333 e. The van der Waals surface area contributed by atoms with Crippen LogP contribution in [-0.2, 0) is 22.6 Å². The topological polar surface area (TPSA) is 68.7 Å². The van der Waals surface area contributed by atoms with Crippen molar-refractivity contribution in [3.05, 3.63) is 96.1 Å². The zero-order valence-electron chi connectivity index (χ0n) is 17.9. The normalized spacial score (nSPS) is 11.9. The summed E-state index contributed by atoms with van der Waals surface area (Å²) in [5.74, 6) is -0.336. The van der Waals surface area contributed by atoms with E-state index in [-0.39, 0.29) is 6.42 Å². The van der Waals surface area contributed by atoms with Gasteiger partial charge in [0.15, 0.2) is 6.10 Å². The van der Waals surface area contributed by atoms with Gasteiger partial charge in [-0.3, -0.25) is 0 Å². The second kappa shape index (κ2) is 10.1. The molecule has 0 radical (unpaired) electrons. The monoisotopic (exact) mass is 427 g/mol. The van der Waals surface area contributed by atoms with Crippen LogP contribution in [0.15, 0.2) is 84.9 Å². The number of benzene rings is 3. The van der Waals surface area contributed by atoms with Crippen molar-refractivity contribution in [3.8, 4) is 17.0 Å². The standard InChI is InChI=1S/C27H25NO4/c1-2-31-25(27(29)30)17-21-13-7-9-15-24(21)32-18-22-16-20-12-6-8-14-23(20)28-26(22)19-10-4-3-5-11-19/h3-16,25H,2,17-18H2,1H3,(H,29,30). The van der Waals surface area contributed by atoms with Gasteiger partial charge in [-0.15, -0.1) is 0 Å². The third-order valence-corrected chi connectivity index (χ3v) is 5.25. The summed E-state index contributed by atoms with van der Waals surface area (Å²) in [5.41, 5.74) is 4.58. The van der Waals surface area contributed by atoms with Gasteiger partial charge in [0.2, 0.25) is 0 Å². The molecule has 0 saturated heterocycles. The molecule has 1 heterocycles. The highest BCUT2D eigenvalue weighted by Crippen LogP contribution is 2.28. The highest BCUT2D eigenvalue weighted by molar-refractivity contribution is 5.83. The molecule has 0 fully saturated rings. The summed E-state index contributed by atoms with van der Waals surface area (Å²) in [4.78, 5) is 16.4. The number of pyridine rings is 1. The van der Waals surface area contributed by atoms with Gasteiger partial charge >= 0.3 is 5.97 Å². The Morgan fingerprint density at radius 3 is 2.44 bits per heavy atom. The molecule has 5 nitrogen and oxygen atoms in total. The average molecular weight is 428 g/mol. The van der Waals surface area contributed by atoms with E-state index >= 15 is 0 Å². The van der Waals surface area contributed by atoms with E-state index in [1.165, 1.54) is 0 Å². The zero-order chi connectivity index (χ0) is 22.3. The van der Waals surface area contributed by atoms with Crippen LogP contribution in [0.25, 0.3) is 22.2 Å². The first-order valence-electron chi connectivity index (χ1n) is 10.6. The summed E-state index contributed by atoms with van der Waals surface area (Å²) in [6, 6.07) is 27.6. The molecule has 1 unspecified atom stereocenters. The van der Waals surface area contributed by atoms with E-state index in [0.29, 0.717) is 19.0 Å². The molecule has 1 N–H and O–H groups in total. The van der Waals surface area contributed by atoms with Gasteiger partial charge in [0.25, 0.3) is 0 Å². The zero-order valence-corrected chi connectivity index (χ0v) is 17.9. The second-order valence-electron chi connectivity index (χ2n) is 7.44. The first kappa shape index (κ1) is 21.5. The predicted molar refractivity (Wildman–Crippen MR) is 125 cm³/mol. The molecular weight excluding hydrogens is 402 g/mol. The van der Waals surface area contributed by atoms with Gasteiger partial charge in [0.1, 0.15) is 12.4 Å². The fourth-order valence-electron chi connectivity index (χ4n) is 3.70. The minimum Gasteiger partial charge on any atom is -0.489 e. The fraction of sp³-hybridized carbons (Fsp3) is 0.185. The summed E-state index contributed by atoms with van der Waals surface area (Å²) in [6.45, 7) is 2.44. The van der Waals surface area contributed by atoms with Crippen molar-refractivity contribution in [3.63, 3.8) is 0 Å². The van der Waals surface area contributed by atoms with Crippen molar-refractivity contribution in [2.24, 2.45) is 0 Å². The Morgan fingerprint density at radius 2 is 1.66 bits per heavy atom. The molecule has 32 heavy (non-hydrogen) atoms. The first-order chi connectivity index (χ1) is 15.7. The molecule has 0 aliphatic rings. The maximum absolute atomic E-state index is 11.5. The van der Waals surface area contributed by atoms with E-state index in [9.17, 15) is 9.90 Å². The number of para-hydroxylation sites is 2. The van der Waals surface area contributed by atoms with Crippen molar-refractivity contribution in [2.45, 2.75) is 26.1 Å². The predicted octanol–water partition coefficient (Wildman–Crippen LogP) is 5.51. The largest absolute Gasteiger partial charge is 0.489 e. The van der Waals surface area contributed by atoms with Crippen molar-refractivity contribution in [1.29, 1.82) is 0 Å². The lowest BCUT2D eigenvalue weighted by atomic mass is 10.0. The first-order valence-corrected chi connectivity index (χ1v) is 10.6. The fourth-order valence-corrected chi connectivity index (χ4v) is 3.70. The molecule has 0 bridgehead atoms. The van der Waals surface area contributed by atoms with Crippen LogP contribution in [0.5, 0.6) is 5.75 Å². The molecule has 0 saturated carbocycles. The third kappa shape index (κ3) is 4.95. The molecule has 1 aromatic heterocycles. The van der Waals surface area contributed by atoms with Crippen LogP contribution in [0.3, 0.4) is 0 Å². The summed E-state index contributed by atoms with van der Waals surface area (Å²) in [6.07, 6.45) is -0.673. The molecule has 0 aliphatic carbocycles. The lowest BCUT2D eigenvalue weighted by Crippen LogP contribution is -2.26. The molecule has 0 aliphatic heterocycles. The van der Waals surface area contributed by atoms with E-state index in [2.05, 4.69) is 6.07 Å². The van der Waals surface area contributed by atoms with Gasteiger partial charge in [0.05, 0.1) is 11.2 Å². The molecule has 4 aromatic rings. The number of hydrogen-bond donors (Lipinski definition) is 1. The van der Waals surface area contributed by atoms with Gasteiger partial charge in [0, 0.05) is 29.5 Å². The Balaban J connectivity index is 1.64. The smallest absolute Gasteiger partial charge is 0.333 e. The number of carbonyl (C=O) groups is 1. The number of aliphatic carboxylic acids is 1. The van der Waals surface area contributed by atoms with Crippen LogP contribution in [0.2, 0.25) is 0 Å². The van der Waals surface area contributed by atoms with Gasteiger partial charge in [-0.1, -0.05) is 66.7 Å². The second-order valence-corrected chi connectivity index (χ2v) is 7.44. The summed E-state index contributed by atoms with van der Waals surface area (Å²) >= 11 is 0. The van der Waals surface area contributed by atoms with Gasteiger partial charge in [-0.05, 0) is 30.7 Å². The number of nitrogens with zero attached hydrogens (tertiary/aromatic N) is 1. The Bertz CT molecular complexity index is 1210. The van der Waals surface area contributed by atoms with Crippen molar-refractivity contribution >= 4 is 16.9 Å². The van der Waals surface area contributed by atoms with Gasteiger partial charge in [-0.25, -0.2) is 9.78 Å². The number of hydrogen-bond acceptors (Lipinski definition) is 4. The molecule has 1 atom stereocenters. The molecule has 0 amide bonds. The summed E-state index contributed by atoms with van der Waals surface area (Å²) < 4.78 is 11.6. The lowest BCUT2D eigenvalue weighted by Gasteiger charge is -2.17. The van der Waals surface area contributed by atoms with E-state index in [1.54, 1.807) is 6.92 Å². The molecule has 162 valence electrons. The summed E-state index contributed by atoms with van der Waals surface area (Å²) in [5, 5.41) is 10.5. The van der Waals surface area contributed by atoms with Crippen molar-refractivity contribution in [1.82, 2.24) is 4.98 Å². The van der Waals surface area contributed by atoms with E-state index < -0.39 is 12.1 Å².